The van der Waals surface area contributed by atoms with E-state index in [1.165, 1.54) is 10.6 Å². The van der Waals surface area contributed by atoms with E-state index in [2.05, 4.69) is 21.2 Å². The minimum absolute atomic E-state index is 0.00244. The van der Waals surface area contributed by atoms with Crippen LogP contribution < -0.4 is 10.9 Å². The highest BCUT2D eigenvalue weighted by atomic mass is 79.9. The van der Waals surface area contributed by atoms with Crippen molar-refractivity contribution in [3.8, 4) is 0 Å². The van der Waals surface area contributed by atoms with E-state index in [1.54, 1.807) is 26.1 Å². The van der Waals surface area contributed by atoms with Gasteiger partial charge in [-0.3, -0.25) is 19.0 Å². The Bertz CT molecular complexity index is 566. The van der Waals surface area contributed by atoms with Crippen LogP contribution in [0.3, 0.4) is 0 Å². The molecule has 0 bridgehead atoms. The molecule has 0 aliphatic carbocycles. The molecule has 0 saturated heterocycles. The average Bonchev–Trinajstić information content (AvgIpc) is 2.36. The lowest BCUT2D eigenvalue weighted by atomic mass is 10.0. The third kappa shape index (κ3) is 4.19. The molecule has 0 aliphatic heterocycles. The van der Waals surface area contributed by atoms with Crippen LogP contribution in [0.15, 0.2) is 27.6 Å². The molecule has 2 N–H and O–H groups in total. The fraction of sp³-hybridized carbons (Fsp3) is 0.462. The minimum Gasteiger partial charge on any atom is -0.481 e. The van der Waals surface area contributed by atoms with E-state index in [4.69, 9.17) is 5.11 Å². The van der Waals surface area contributed by atoms with Gasteiger partial charge in [0, 0.05) is 29.7 Å². The number of pyridine rings is 1. The van der Waals surface area contributed by atoms with Crippen LogP contribution in [0.2, 0.25) is 0 Å². The first-order valence-electron chi connectivity index (χ1n) is 6.14. The number of aliphatic carboxylic acids is 1. The second-order valence-corrected chi connectivity index (χ2v) is 5.78. The van der Waals surface area contributed by atoms with Crippen molar-refractivity contribution >= 4 is 27.8 Å². The predicted octanol–water partition coefficient (Wildman–Crippen LogP) is 1.33. The molecule has 6 nitrogen and oxygen atoms in total. The Morgan fingerprint density at radius 1 is 1.40 bits per heavy atom. The van der Waals surface area contributed by atoms with Crippen molar-refractivity contribution in [1.82, 2.24) is 9.88 Å². The van der Waals surface area contributed by atoms with Gasteiger partial charge >= 0.3 is 5.97 Å². The summed E-state index contributed by atoms with van der Waals surface area (Å²) in [5.74, 6) is -1.23. The number of rotatable bonds is 6. The molecule has 0 radical (unpaired) electrons. The summed E-state index contributed by atoms with van der Waals surface area (Å²) in [5.41, 5.74) is -1.33. The normalized spacial score (nSPS) is 11.2. The number of nitrogens with zero attached hydrogens (tertiary/aromatic N) is 1. The fourth-order valence-corrected chi connectivity index (χ4v) is 2.00. The highest BCUT2D eigenvalue weighted by molar-refractivity contribution is 9.10. The quantitative estimate of drug-likeness (QED) is 0.762. The number of carboxylic acid groups (broad SMARTS) is 1. The lowest BCUT2D eigenvalue weighted by molar-refractivity contribution is -0.137. The number of hydrogen-bond acceptors (Lipinski definition) is 3. The van der Waals surface area contributed by atoms with Gasteiger partial charge in [0.2, 0.25) is 5.91 Å². The van der Waals surface area contributed by atoms with Gasteiger partial charge in [-0.05, 0) is 42.3 Å². The van der Waals surface area contributed by atoms with E-state index in [1.807, 2.05) is 0 Å². The highest BCUT2D eigenvalue weighted by Crippen LogP contribution is 2.16. The van der Waals surface area contributed by atoms with E-state index >= 15 is 0 Å². The summed E-state index contributed by atoms with van der Waals surface area (Å²) in [4.78, 5) is 34.3. The van der Waals surface area contributed by atoms with Crippen LogP contribution in [0.1, 0.15) is 26.7 Å². The van der Waals surface area contributed by atoms with Gasteiger partial charge in [0.1, 0.15) is 5.54 Å². The Morgan fingerprint density at radius 2 is 2.05 bits per heavy atom. The second-order valence-electron chi connectivity index (χ2n) is 4.87. The largest absolute Gasteiger partial charge is 0.481 e. The van der Waals surface area contributed by atoms with Gasteiger partial charge in [-0.15, -0.1) is 0 Å². The highest BCUT2D eigenvalue weighted by Gasteiger charge is 2.30. The van der Waals surface area contributed by atoms with Crippen LogP contribution in [0.25, 0.3) is 0 Å². The van der Waals surface area contributed by atoms with Crippen molar-refractivity contribution in [2.45, 2.75) is 32.2 Å². The molecule has 1 amide bonds. The Morgan fingerprint density at radius 3 is 2.65 bits per heavy atom. The van der Waals surface area contributed by atoms with Crippen molar-refractivity contribution < 1.29 is 14.7 Å². The maximum atomic E-state index is 12.1. The molecule has 1 heterocycles. The zero-order valence-electron chi connectivity index (χ0n) is 11.4. The number of halogens is 1. The molecule has 7 heteroatoms. The smallest absolute Gasteiger partial charge is 0.303 e. The van der Waals surface area contributed by atoms with E-state index in [0.29, 0.717) is 10.9 Å². The summed E-state index contributed by atoms with van der Waals surface area (Å²) < 4.78 is 2.03. The van der Waals surface area contributed by atoms with E-state index in [9.17, 15) is 14.4 Å². The molecule has 110 valence electrons. The predicted molar refractivity (Wildman–Crippen MR) is 77.6 cm³/mol. The van der Waals surface area contributed by atoms with Crippen molar-refractivity contribution in [3.63, 3.8) is 0 Å². The zero-order valence-corrected chi connectivity index (χ0v) is 12.9. The van der Waals surface area contributed by atoms with Gasteiger partial charge in [-0.25, -0.2) is 0 Å². The third-order valence-corrected chi connectivity index (χ3v) is 3.35. The first-order chi connectivity index (χ1) is 9.25. The van der Waals surface area contributed by atoms with Crippen LogP contribution in [-0.2, 0) is 15.1 Å². The number of nitrogens with one attached hydrogen (secondary N) is 1. The summed E-state index contributed by atoms with van der Waals surface area (Å²) in [6, 6.07) is 2.99. The third-order valence-electron chi connectivity index (χ3n) is 2.89. The number of amides is 1. The molecule has 0 spiro atoms. The molecule has 1 rings (SSSR count). The first-order valence-corrected chi connectivity index (χ1v) is 6.93. The number of aromatic nitrogens is 1. The molecule has 1 aromatic heterocycles. The number of carbonyl (C=O) groups is 2. The summed E-state index contributed by atoms with van der Waals surface area (Å²) >= 11 is 3.26. The lowest BCUT2D eigenvalue weighted by Crippen LogP contribution is -2.48. The van der Waals surface area contributed by atoms with Crippen molar-refractivity contribution in [3.05, 3.63) is 33.2 Å². The Hall–Kier alpha value is -1.63. The van der Waals surface area contributed by atoms with Gasteiger partial charge in [0.15, 0.2) is 0 Å². The molecule has 0 aromatic carbocycles. The molecule has 0 saturated carbocycles. The number of carboxylic acids is 1. The van der Waals surface area contributed by atoms with Gasteiger partial charge in [-0.1, -0.05) is 0 Å². The molecule has 0 unspecified atom stereocenters. The first kappa shape index (κ1) is 16.4. The summed E-state index contributed by atoms with van der Waals surface area (Å²) in [6.07, 6.45) is 1.90. The monoisotopic (exact) mass is 344 g/mol. The van der Waals surface area contributed by atoms with Crippen molar-refractivity contribution in [2.75, 3.05) is 6.54 Å². The Kier molecular flexibility index (Phi) is 5.50. The Labute approximate surface area is 124 Å². The minimum atomic E-state index is -1.05. The molecule has 1 aromatic rings. The zero-order chi connectivity index (χ0) is 15.3. The summed E-state index contributed by atoms with van der Waals surface area (Å²) in [6.45, 7) is 3.53. The number of hydrogen-bond donors (Lipinski definition) is 2. The molecule has 0 aliphatic rings. The molecule has 0 atom stereocenters. The van der Waals surface area contributed by atoms with E-state index < -0.39 is 11.5 Å². The van der Waals surface area contributed by atoms with Crippen LogP contribution in [0.5, 0.6) is 0 Å². The molecular formula is C13H17BrN2O4. The summed E-state index contributed by atoms with van der Waals surface area (Å²) in [7, 11) is 0. The van der Waals surface area contributed by atoms with Crippen LogP contribution in [0.4, 0.5) is 0 Å². The standard InChI is InChI=1S/C13H17BrN2O4/c1-13(2,12(20)15-7-3-4-11(18)19)16-8-9(14)5-6-10(16)17/h5-6,8H,3-4,7H2,1-2H3,(H,15,20)(H,18,19). The molecular weight excluding hydrogens is 328 g/mol. The van der Waals surface area contributed by atoms with Crippen LogP contribution in [0, 0.1) is 0 Å². The maximum Gasteiger partial charge on any atom is 0.303 e. The van der Waals surface area contributed by atoms with Crippen LogP contribution in [-0.4, -0.2) is 28.1 Å². The molecule has 0 fully saturated rings. The van der Waals surface area contributed by atoms with Crippen molar-refractivity contribution in [1.29, 1.82) is 0 Å². The van der Waals surface area contributed by atoms with Gasteiger partial charge in [-0.2, -0.15) is 0 Å². The van der Waals surface area contributed by atoms with E-state index in [-0.39, 0.29) is 24.4 Å². The SMILES string of the molecule is CC(C)(C(=O)NCCCC(=O)O)n1cc(Br)ccc1=O. The molecule has 20 heavy (non-hydrogen) atoms. The fourth-order valence-electron chi connectivity index (χ4n) is 1.67. The Balaban J connectivity index is 2.77. The van der Waals surface area contributed by atoms with Gasteiger partial charge in [0.05, 0.1) is 0 Å². The maximum absolute atomic E-state index is 12.1. The lowest BCUT2D eigenvalue weighted by Gasteiger charge is -2.26. The summed E-state index contributed by atoms with van der Waals surface area (Å²) in [5, 5.41) is 11.2. The van der Waals surface area contributed by atoms with Crippen LogP contribution >= 0.6 is 15.9 Å². The van der Waals surface area contributed by atoms with E-state index in [0.717, 1.165) is 0 Å². The topological polar surface area (TPSA) is 88.4 Å². The number of carbonyl (C=O) groups excluding carboxylic acids is 1. The van der Waals surface area contributed by atoms with Crippen molar-refractivity contribution in [2.24, 2.45) is 0 Å². The average molecular weight is 345 g/mol. The van der Waals surface area contributed by atoms with Gasteiger partial charge in [0.25, 0.3) is 5.56 Å². The second kappa shape index (κ2) is 6.69. The van der Waals surface area contributed by atoms with Gasteiger partial charge < -0.3 is 10.4 Å².